The first-order chi connectivity index (χ1) is 20.1. The Balaban J connectivity index is 1.44. The first-order valence-corrected chi connectivity index (χ1v) is 16.6. The summed E-state index contributed by atoms with van der Waals surface area (Å²) in [6.07, 6.45) is 18.0. The standard InChI is InChI=1S/C34H51N3O3S/c1-4-5-6-7-8-9-10-11-12-13-14-15-22-40-32-20-19-30(25-33(32)39-3)27-37(34(38)35-2)31-18-16-17-29(24-31)26-36-21-23-41-28-36/h16-21,23-25H,4-15,22,26-28H2,1-3H3,(H,35,38). The van der Waals surface area contributed by atoms with Gasteiger partial charge in [0, 0.05) is 25.5 Å². The molecule has 1 heterocycles. The van der Waals surface area contributed by atoms with Crippen molar-refractivity contribution >= 4 is 23.5 Å². The minimum Gasteiger partial charge on any atom is -0.493 e. The number of hydrogen-bond acceptors (Lipinski definition) is 5. The number of urea groups is 1. The van der Waals surface area contributed by atoms with Gasteiger partial charge >= 0.3 is 6.03 Å². The second kappa shape index (κ2) is 19.3. The van der Waals surface area contributed by atoms with Gasteiger partial charge in [-0.05, 0) is 47.2 Å². The summed E-state index contributed by atoms with van der Waals surface area (Å²) in [6.45, 7) is 4.21. The van der Waals surface area contributed by atoms with Crippen molar-refractivity contribution in [3.63, 3.8) is 0 Å². The Morgan fingerprint density at radius 1 is 0.902 bits per heavy atom. The third-order valence-corrected chi connectivity index (χ3v) is 8.29. The Bertz CT molecular complexity index is 1060. The number of hydrogen-bond donors (Lipinski definition) is 1. The molecule has 0 spiro atoms. The molecule has 2 aromatic rings. The van der Waals surface area contributed by atoms with Gasteiger partial charge in [-0.2, -0.15) is 0 Å². The number of methoxy groups -OCH3 is 1. The highest BCUT2D eigenvalue weighted by molar-refractivity contribution is 8.02. The molecule has 3 rings (SSSR count). The van der Waals surface area contributed by atoms with Crippen LogP contribution in [0.2, 0.25) is 0 Å². The Kier molecular flexibility index (Phi) is 15.4. The second-order valence-electron chi connectivity index (χ2n) is 10.9. The van der Waals surface area contributed by atoms with E-state index in [0.717, 1.165) is 35.8 Å². The Morgan fingerprint density at radius 3 is 2.24 bits per heavy atom. The molecule has 0 bridgehead atoms. The third-order valence-electron chi connectivity index (χ3n) is 7.50. The first kappa shape index (κ1) is 32.7. The SMILES string of the molecule is CCCCCCCCCCCCCCOc1ccc(CN(C(=O)NC)c2cccc(CN3C=CSC3)c2)cc1OC. The van der Waals surface area contributed by atoms with Crippen molar-refractivity contribution in [1.29, 1.82) is 0 Å². The molecule has 0 saturated carbocycles. The fraction of sp³-hybridized carbons (Fsp3) is 0.559. The maximum atomic E-state index is 12.9. The van der Waals surface area contributed by atoms with Crippen LogP contribution in [-0.2, 0) is 13.1 Å². The van der Waals surface area contributed by atoms with E-state index in [4.69, 9.17) is 9.47 Å². The summed E-state index contributed by atoms with van der Waals surface area (Å²) in [5.74, 6) is 2.41. The Labute approximate surface area is 252 Å². The predicted molar refractivity (Wildman–Crippen MR) is 174 cm³/mol. The Morgan fingerprint density at radius 2 is 1.61 bits per heavy atom. The lowest BCUT2D eigenvalue weighted by Crippen LogP contribution is -2.37. The molecule has 1 aliphatic rings. The van der Waals surface area contributed by atoms with Crippen LogP contribution in [0, 0.1) is 0 Å². The monoisotopic (exact) mass is 581 g/mol. The molecule has 0 radical (unpaired) electrons. The summed E-state index contributed by atoms with van der Waals surface area (Å²) >= 11 is 1.79. The van der Waals surface area contributed by atoms with Crippen molar-refractivity contribution in [1.82, 2.24) is 10.2 Å². The van der Waals surface area contributed by atoms with Gasteiger partial charge in [-0.3, -0.25) is 4.90 Å². The number of carbonyl (C=O) groups is 1. The topological polar surface area (TPSA) is 54.0 Å². The lowest BCUT2D eigenvalue weighted by molar-refractivity contribution is 0.248. The van der Waals surface area contributed by atoms with Gasteiger partial charge in [0.25, 0.3) is 0 Å². The van der Waals surface area contributed by atoms with Gasteiger partial charge in [0.1, 0.15) is 0 Å². The molecule has 7 heteroatoms. The molecular weight excluding hydrogens is 530 g/mol. The number of thioether (sulfide) groups is 1. The van der Waals surface area contributed by atoms with Crippen LogP contribution in [0.5, 0.6) is 11.5 Å². The number of nitrogens with one attached hydrogen (secondary N) is 1. The van der Waals surface area contributed by atoms with E-state index in [1.807, 2.05) is 30.3 Å². The van der Waals surface area contributed by atoms with Crippen LogP contribution in [0.25, 0.3) is 0 Å². The number of rotatable bonds is 20. The van der Waals surface area contributed by atoms with Gasteiger partial charge in [-0.15, -0.1) is 11.8 Å². The number of benzene rings is 2. The zero-order valence-electron chi connectivity index (χ0n) is 25.5. The maximum absolute atomic E-state index is 12.9. The van der Waals surface area contributed by atoms with Crippen molar-refractivity contribution in [2.45, 2.75) is 97.1 Å². The molecule has 2 aromatic carbocycles. The Hall–Kier alpha value is -2.80. The van der Waals surface area contributed by atoms with E-state index in [-0.39, 0.29) is 6.03 Å². The first-order valence-electron chi connectivity index (χ1n) is 15.5. The number of amides is 2. The average Bonchev–Trinajstić information content (AvgIpc) is 3.51. The zero-order valence-corrected chi connectivity index (χ0v) is 26.4. The van der Waals surface area contributed by atoms with Gasteiger partial charge in [0.2, 0.25) is 0 Å². The number of ether oxygens (including phenoxy) is 2. The smallest absolute Gasteiger partial charge is 0.321 e. The van der Waals surface area contributed by atoms with Crippen LogP contribution < -0.4 is 19.7 Å². The minimum atomic E-state index is -0.148. The quantitative estimate of drug-likeness (QED) is 0.158. The molecular formula is C34H51N3O3S. The maximum Gasteiger partial charge on any atom is 0.321 e. The van der Waals surface area contributed by atoms with Crippen LogP contribution in [0.15, 0.2) is 54.1 Å². The number of anilines is 1. The summed E-state index contributed by atoms with van der Waals surface area (Å²) < 4.78 is 11.7. The highest BCUT2D eigenvalue weighted by atomic mass is 32.2. The van der Waals surface area contributed by atoms with Gasteiger partial charge in [-0.25, -0.2) is 4.79 Å². The highest BCUT2D eigenvalue weighted by Crippen LogP contribution is 2.30. The van der Waals surface area contributed by atoms with Crippen molar-refractivity contribution in [2.24, 2.45) is 0 Å². The van der Waals surface area contributed by atoms with E-state index >= 15 is 0 Å². The van der Waals surface area contributed by atoms with Crippen molar-refractivity contribution in [3.05, 3.63) is 65.2 Å². The van der Waals surface area contributed by atoms with Gasteiger partial charge < -0.3 is 19.7 Å². The van der Waals surface area contributed by atoms with E-state index in [0.29, 0.717) is 18.9 Å². The van der Waals surface area contributed by atoms with E-state index in [1.54, 1.807) is 30.8 Å². The highest BCUT2D eigenvalue weighted by Gasteiger charge is 2.17. The molecule has 0 unspecified atom stereocenters. The molecule has 6 nitrogen and oxygen atoms in total. The van der Waals surface area contributed by atoms with Crippen molar-refractivity contribution in [2.75, 3.05) is 31.5 Å². The minimum absolute atomic E-state index is 0.148. The third kappa shape index (κ3) is 11.9. The summed E-state index contributed by atoms with van der Waals surface area (Å²) in [5.41, 5.74) is 3.01. The van der Waals surface area contributed by atoms with Gasteiger partial charge in [-0.1, -0.05) is 95.8 Å². The summed E-state index contributed by atoms with van der Waals surface area (Å²) in [4.78, 5) is 16.9. The van der Waals surface area contributed by atoms with E-state index in [9.17, 15) is 4.79 Å². The molecule has 1 N–H and O–H groups in total. The molecule has 0 aliphatic carbocycles. The van der Waals surface area contributed by atoms with E-state index in [2.05, 4.69) is 40.9 Å². The van der Waals surface area contributed by atoms with Gasteiger partial charge in [0.15, 0.2) is 11.5 Å². The number of nitrogens with zero attached hydrogens (tertiary/aromatic N) is 2. The molecule has 41 heavy (non-hydrogen) atoms. The zero-order chi connectivity index (χ0) is 29.1. The predicted octanol–water partition coefficient (Wildman–Crippen LogP) is 9.10. The lowest BCUT2D eigenvalue weighted by atomic mass is 10.1. The average molecular weight is 582 g/mol. The van der Waals surface area contributed by atoms with Crippen LogP contribution in [0.4, 0.5) is 10.5 Å². The summed E-state index contributed by atoms with van der Waals surface area (Å²) in [5, 5.41) is 4.90. The summed E-state index contributed by atoms with van der Waals surface area (Å²) in [6, 6.07) is 14.0. The molecule has 0 aromatic heterocycles. The molecule has 0 atom stereocenters. The van der Waals surface area contributed by atoms with E-state index in [1.165, 1.54) is 76.2 Å². The number of carbonyl (C=O) groups excluding carboxylic acids is 1. The summed E-state index contributed by atoms with van der Waals surface area (Å²) in [7, 11) is 3.33. The van der Waals surface area contributed by atoms with Crippen LogP contribution in [-0.4, -0.2) is 37.6 Å². The molecule has 2 amide bonds. The fourth-order valence-corrected chi connectivity index (χ4v) is 5.83. The molecule has 1 aliphatic heterocycles. The van der Waals surface area contributed by atoms with E-state index < -0.39 is 0 Å². The molecule has 0 saturated heterocycles. The van der Waals surface area contributed by atoms with Crippen LogP contribution in [0.3, 0.4) is 0 Å². The van der Waals surface area contributed by atoms with Crippen LogP contribution in [0.1, 0.15) is 95.1 Å². The normalized spacial score (nSPS) is 12.5. The largest absolute Gasteiger partial charge is 0.493 e. The second-order valence-corrected chi connectivity index (χ2v) is 11.7. The van der Waals surface area contributed by atoms with Crippen molar-refractivity contribution in [3.8, 4) is 11.5 Å². The lowest BCUT2D eigenvalue weighted by Gasteiger charge is -2.24. The molecule has 0 fully saturated rings. The van der Waals surface area contributed by atoms with Gasteiger partial charge in [0.05, 0.1) is 26.1 Å². The van der Waals surface area contributed by atoms with Crippen molar-refractivity contribution < 1.29 is 14.3 Å². The fourth-order valence-electron chi connectivity index (χ4n) is 5.12. The molecule has 226 valence electrons. The number of unbranched alkanes of at least 4 members (excludes halogenated alkanes) is 11. The van der Waals surface area contributed by atoms with Crippen LogP contribution >= 0.6 is 11.8 Å².